The number of carbonyl (C=O) groups is 1. The monoisotopic (exact) mass is 218 g/mol. The van der Waals surface area contributed by atoms with Crippen molar-refractivity contribution in [2.24, 2.45) is 5.92 Å². The van der Waals surface area contributed by atoms with Crippen molar-refractivity contribution in [1.82, 2.24) is 0 Å². The zero-order chi connectivity index (χ0) is 11.7. The summed E-state index contributed by atoms with van der Waals surface area (Å²) in [5.41, 5.74) is 6.49. The summed E-state index contributed by atoms with van der Waals surface area (Å²) in [7, 11) is 0. The summed E-state index contributed by atoms with van der Waals surface area (Å²) in [6.07, 6.45) is 5.57. The van der Waals surface area contributed by atoms with E-state index >= 15 is 0 Å². The molecule has 1 saturated heterocycles. The Kier molecular flexibility index (Phi) is 2.53. The number of terminal acetylenes is 1. The highest BCUT2D eigenvalue weighted by atomic mass is 19.1. The Balaban J connectivity index is 2.35. The van der Waals surface area contributed by atoms with E-state index < -0.39 is 5.82 Å². The Morgan fingerprint density at radius 2 is 2.31 bits per heavy atom. The molecular formula is C12H11FN2O. The second kappa shape index (κ2) is 3.86. The molecule has 0 saturated carbocycles. The molecule has 1 atom stereocenters. The van der Waals surface area contributed by atoms with E-state index in [1.807, 2.05) is 0 Å². The summed E-state index contributed by atoms with van der Waals surface area (Å²) < 4.78 is 13.1. The van der Waals surface area contributed by atoms with Gasteiger partial charge in [0.15, 0.2) is 0 Å². The van der Waals surface area contributed by atoms with E-state index in [2.05, 4.69) is 5.92 Å². The fourth-order valence-corrected chi connectivity index (χ4v) is 1.80. The molecule has 0 aromatic heterocycles. The van der Waals surface area contributed by atoms with E-state index in [0.29, 0.717) is 24.3 Å². The number of halogens is 1. The number of anilines is 2. The molecule has 1 aliphatic rings. The fraction of sp³-hybridized carbons (Fsp3) is 0.250. The van der Waals surface area contributed by atoms with Crippen molar-refractivity contribution in [3.05, 3.63) is 24.0 Å². The highest BCUT2D eigenvalue weighted by Crippen LogP contribution is 2.29. The van der Waals surface area contributed by atoms with Crippen LogP contribution in [-0.2, 0) is 4.79 Å². The Hall–Kier alpha value is -2.02. The number of nitrogens with two attached hydrogens (primary N) is 1. The van der Waals surface area contributed by atoms with Gasteiger partial charge < -0.3 is 10.6 Å². The third-order valence-corrected chi connectivity index (χ3v) is 2.64. The van der Waals surface area contributed by atoms with Crippen LogP contribution in [0.15, 0.2) is 18.2 Å². The van der Waals surface area contributed by atoms with Gasteiger partial charge in [-0.1, -0.05) is 0 Å². The predicted octanol–water partition coefficient (Wildman–Crippen LogP) is 1.39. The molecule has 1 unspecified atom stereocenters. The molecule has 1 aliphatic heterocycles. The van der Waals surface area contributed by atoms with Gasteiger partial charge in [-0.2, -0.15) is 0 Å². The third-order valence-electron chi connectivity index (χ3n) is 2.64. The number of rotatable bonds is 1. The predicted molar refractivity (Wildman–Crippen MR) is 60.1 cm³/mol. The zero-order valence-electron chi connectivity index (χ0n) is 8.61. The van der Waals surface area contributed by atoms with Crippen molar-refractivity contribution < 1.29 is 9.18 Å². The van der Waals surface area contributed by atoms with Crippen molar-refractivity contribution >= 4 is 17.3 Å². The van der Waals surface area contributed by atoms with Crippen LogP contribution in [-0.4, -0.2) is 12.5 Å². The number of benzene rings is 1. The highest BCUT2D eigenvalue weighted by Gasteiger charge is 2.30. The lowest BCUT2D eigenvalue weighted by molar-refractivity contribution is -0.117. The van der Waals surface area contributed by atoms with Crippen LogP contribution in [0.1, 0.15) is 6.42 Å². The Labute approximate surface area is 93.0 Å². The molecule has 0 radical (unpaired) electrons. The molecule has 1 amide bonds. The minimum atomic E-state index is -0.416. The number of carbonyl (C=O) groups excluding carboxylic acids is 1. The fourth-order valence-electron chi connectivity index (χ4n) is 1.80. The molecule has 0 aliphatic carbocycles. The van der Waals surface area contributed by atoms with Gasteiger partial charge in [0.05, 0.1) is 11.4 Å². The first-order valence-corrected chi connectivity index (χ1v) is 4.93. The molecule has 82 valence electrons. The quantitative estimate of drug-likeness (QED) is 0.572. The lowest BCUT2D eigenvalue weighted by Gasteiger charge is -2.18. The van der Waals surface area contributed by atoms with Gasteiger partial charge in [0.25, 0.3) is 0 Å². The molecule has 3 nitrogen and oxygen atoms in total. The third kappa shape index (κ3) is 1.72. The molecule has 2 rings (SSSR count). The van der Waals surface area contributed by atoms with Crippen LogP contribution in [0.5, 0.6) is 0 Å². The maximum absolute atomic E-state index is 13.1. The second-order valence-electron chi connectivity index (χ2n) is 3.78. The Morgan fingerprint density at radius 1 is 1.56 bits per heavy atom. The minimum Gasteiger partial charge on any atom is -0.397 e. The largest absolute Gasteiger partial charge is 0.397 e. The van der Waals surface area contributed by atoms with Gasteiger partial charge in [-0.25, -0.2) is 4.39 Å². The van der Waals surface area contributed by atoms with Gasteiger partial charge in [0.1, 0.15) is 5.82 Å². The number of amides is 1. The van der Waals surface area contributed by atoms with Crippen LogP contribution in [0.4, 0.5) is 15.8 Å². The van der Waals surface area contributed by atoms with Crippen molar-refractivity contribution in [3.63, 3.8) is 0 Å². The first-order chi connectivity index (χ1) is 7.61. The van der Waals surface area contributed by atoms with Gasteiger partial charge in [0.2, 0.25) is 5.91 Å². The van der Waals surface area contributed by atoms with Crippen molar-refractivity contribution in [1.29, 1.82) is 0 Å². The maximum Gasteiger partial charge on any atom is 0.228 e. The molecule has 2 N–H and O–H groups in total. The Morgan fingerprint density at radius 3 is 2.94 bits per heavy atom. The smallest absolute Gasteiger partial charge is 0.228 e. The summed E-state index contributed by atoms with van der Waals surface area (Å²) in [6, 6.07) is 3.96. The number of nitrogens with zero attached hydrogens (tertiary/aromatic N) is 1. The van der Waals surface area contributed by atoms with Crippen LogP contribution in [0.25, 0.3) is 0 Å². The van der Waals surface area contributed by atoms with Crippen LogP contribution >= 0.6 is 0 Å². The summed E-state index contributed by atoms with van der Waals surface area (Å²) in [5.74, 6) is 1.89. The van der Waals surface area contributed by atoms with E-state index in [0.717, 1.165) is 0 Å². The number of hydrogen-bond donors (Lipinski definition) is 1. The summed E-state index contributed by atoms with van der Waals surface area (Å²) in [4.78, 5) is 13.1. The van der Waals surface area contributed by atoms with Crippen LogP contribution < -0.4 is 10.6 Å². The van der Waals surface area contributed by atoms with E-state index in [1.54, 1.807) is 0 Å². The van der Waals surface area contributed by atoms with Gasteiger partial charge in [-0.3, -0.25) is 4.79 Å². The van der Waals surface area contributed by atoms with Crippen molar-refractivity contribution in [2.75, 3.05) is 17.2 Å². The molecular weight excluding hydrogens is 207 g/mol. The van der Waals surface area contributed by atoms with Crippen molar-refractivity contribution in [2.45, 2.75) is 6.42 Å². The summed E-state index contributed by atoms with van der Waals surface area (Å²) in [5, 5.41) is 0. The minimum absolute atomic E-state index is 0.111. The molecule has 1 heterocycles. The summed E-state index contributed by atoms with van der Waals surface area (Å²) >= 11 is 0. The zero-order valence-corrected chi connectivity index (χ0v) is 8.61. The van der Waals surface area contributed by atoms with Crippen LogP contribution in [0.2, 0.25) is 0 Å². The van der Waals surface area contributed by atoms with Gasteiger partial charge in [-0.15, -0.1) is 12.3 Å². The van der Waals surface area contributed by atoms with E-state index in [1.165, 1.54) is 23.1 Å². The average molecular weight is 218 g/mol. The first-order valence-electron chi connectivity index (χ1n) is 4.93. The van der Waals surface area contributed by atoms with E-state index in [-0.39, 0.29) is 11.8 Å². The van der Waals surface area contributed by atoms with Gasteiger partial charge in [0, 0.05) is 18.9 Å². The standard InChI is InChI=1S/C12H11FN2O/c1-2-8-5-12(16)15(7-8)11-6-9(13)3-4-10(11)14/h1,3-4,6,8H,5,7,14H2. The van der Waals surface area contributed by atoms with Crippen LogP contribution in [0, 0.1) is 24.1 Å². The van der Waals surface area contributed by atoms with Gasteiger partial charge in [-0.05, 0) is 18.2 Å². The lowest BCUT2D eigenvalue weighted by atomic mass is 10.1. The molecule has 1 aromatic carbocycles. The van der Waals surface area contributed by atoms with Gasteiger partial charge >= 0.3 is 0 Å². The molecule has 0 bridgehead atoms. The maximum atomic E-state index is 13.1. The topological polar surface area (TPSA) is 46.3 Å². The highest BCUT2D eigenvalue weighted by molar-refractivity contribution is 5.98. The van der Waals surface area contributed by atoms with E-state index in [4.69, 9.17) is 12.2 Å². The molecule has 1 aromatic rings. The lowest BCUT2D eigenvalue weighted by Crippen LogP contribution is -2.25. The molecule has 16 heavy (non-hydrogen) atoms. The average Bonchev–Trinajstić information content (AvgIpc) is 2.63. The summed E-state index contributed by atoms with van der Waals surface area (Å²) in [6.45, 7) is 0.406. The SMILES string of the molecule is C#CC1CC(=O)N(c2cc(F)ccc2N)C1. The molecule has 4 heteroatoms. The molecule has 1 fully saturated rings. The van der Waals surface area contributed by atoms with E-state index in [9.17, 15) is 9.18 Å². The first kappa shape index (κ1) is 10.5. The van der Waals surface area contributed by atoms with Crippen LogP contribution in [0.3, 0.4) is 0 Å². The number of hydrogen-bond acceptors (Lipinski definition) is 2. The second-order valence-corrected chi connectivity index (χ2v) is 3.78. The Bertz CT molecular complexity index is 478. The molecule has 0 spiro atoms. The number of nitrogen functional groups attached to an aromatic ring is 1. The van der Waals surface area contributed by atoms with Crippen molar-refractivity contribution in [3.8, 4) is 12.3 Å². The normalized spacial score (nSPS) is 19.9.